The highest BCUT2D eigenvalue weighted by Gasteiger charge is 2.09. The Labute approximate surface area is 139 Å². The summed E-state index contributed by atoms with van der Waals surface area (Å²) in [5, 5.41) is 17.5. The number of nitrogens with zero attached hydrogens (tertiary/aromatic N) is 3. The van der Waals surface area contributed by atoms with Crippen molar-refractivity contribution in [2.75, 3.05) is 10.6 Å². The lowest BCUT2D eigenvalue weighted by Crippen LogP contribution is -2.13. The second-order valence-electron chi connectivity index (χ2n) is 5.50. The van der Waals surface area contributed by atoms with Crippen molar-refractivity contribution >= 4 is 23.4 Å². The predicted octanol–water partition coefficient (Wildman–Crippen LogP) is 3.39. The van der Waals surface area contributed by atoms with Gasteiger partial charge in [0, 0.05) is 11.6 Å². The van der Waals surface area contributed by atoms with Gasteiger partial charge in [-0.2, -0.15) is 0 Å². The van der Waals surface area contributed by atoms with Crippen LogP contribution in [0.3, 0.4) is 0 Å². The number of nitrogens with one attached hydrogen (secondary N) is 2. The minimum Gasteiger partial charge on any atom is -0.360 e. The first-order valence-corrected chi connectivity index (χ1v) is 7.44. The van der Waals surface area contributed by atoms with Crippen LogP contribution in [0.1, 0.15) is 27.2 Å². The lowest BCUT2D eigenvalue weighted by molar-refractivity contribution is 0.102. The lowest BCUT2D eigenvalue weighted by Gasteiger charge is -2.07. The summed E-state index contributed by atoms with van der Waals surface area (Å²) in [7, 11) is 0. The lowest BCUT2D eigenvalue weighted by atomic mass is 10.1. The maximum absolute atomic E-state index is 12.2. The zero-order valence-electron chi connectivity index (χ0n) is 13.6. The standard InChI is InChI=1S/C17H17N5O2/c1-10-4-5-13(8-11(10)2)17(23)19-15-7-6-14(20-21-15)18-16-9-12(3)24-22-16/h4-9H,1-3H3,(H,18,20,22)(H,19,21,23). The van der Waals surface area contributed by atoms with Gasteiger partial charge in [-0.05, 0) is 56.2 Å². The van der Waals surface area contributed by atoms with E-state index in [1.165, 1.54) is 0 Å². The van der Waals surface area contributed by atoms with Crippen molar-refractivity contribution in [2.24, 2.45) is 0 Å². The zero-order chi connectivity index (χ0) is 17.1. The number of aromatic nitrogens is 3. The molecule has 3 rings (SSSR count). The van der Waals surface area contributed by atoms with Gasteiger partial charge >= 0.3 is 0 Å². The molecule has 1 amide bonds. The molecule has 0 saturated carbocycles. The Hall–Kier alpha value is -3.22. The van der Waals surface area contributed by atoms with Gasteiger partial charge in [-0.15, -0.1) is 10.2 Å². The van der Waals surface area contributed by atoms with Gasteiger partial charge in [0.25, 0.3) is 5.91 Å². The van der Waals surface area contributed by atoms with E-state index in [1.54, 1.807) is 31.2 Å². The third-order valence-electron chi connectivity index (χ3n) is 3.56. The highest BCUT2D eigenvalue weighted by Crippen LogP contribution is 2.15. The number of carbonyl (C=O) groups is 1. The molecule has 1 aromatic carbocycles. The minimum absolute atomic E-state index is 0.222. The number of rotatable bonds is 4. The van der Waals surface area contributed by atoms with E-state index in [2.05, 4.69) is 26.0 Å². The molecule has 24 heavy (non-hydrogen) atoms. The van der Waals surface area contributed by atoms with Crippen LogP contribution in [0.2, 0.25) is 0 Å². The van der Waals surface area contributed by atoms with Crippen LogP contribution in [0.4, 0.5) is 17.5 Å². The zero-order valence-corrected chi connectivity index (χ0v) is 13.6. The van der Waals surface area contributed by atoms with Crippen LogP contribution >= 0.6 is 0 Å². The molecule has 0 saturated heterocycles. The van der Waals surface area contributed by atoms with Crippen LogP contribution in [0.25, 0.3) is 0 Å². The molecular weight excluding hydrogens is 306 g/mol. The summed E-state index contributed by atoms with van der Waals surface area (Å²) < 4.78 is 4.96. The van der Waals surface area contributed by atoms with Gasteiger partial charge in [0.05, 0.1) is 0 Å². The summed E-state index contributed by atoms with van der Waals surface area (Å²) in [6, 6.07) is 10.7. The Balaban J connectivity index is 1.67. The molecule has 2 N–H and O–H groups in total. The highest BCUT2D eigenvalue weighted by atomic mass is 16.5. The number of hydrogen-bond donors (Lipinski definition) is 2. The topological polar surface area (TPSA) is 92.9 Å². The quantitative estimate of drug-likeness (QED) is 0.764. The molecule has 0 fully saturated rings. The Kier molecular flexibility index (Phi) is 4.24. The van der Waals surface area contributed by atoms with Gasteiger partial charge in [0.15, 0.2) is 17.5 Å². The van der Waals surface area contributed by atoms with Crippen LogP contribution in [0, 0.1) is 20.8 Å². The van der Waals surface area contributed by atoms with Crippen molar-refractivity contribution in [1.82, 2.24) is 15.4 Å². The second kappa shape index (κ2) is 6.49. The average molecular weight is 323 g/mol. The number of hydrogen-bond acceptors (Lipinski definition) is 6. The van der Waals surface area contributed by atoms with Crippen molar-refractivity contribution in [2.45, 2.75) is 20.8 Å². The van der Waals surface area contributed by atoms with Gasteiger partial charge < -0.3 is 15.2 Å². The molecule has 0 aliphatic heterocycles. The van der Waals surface area contributed by atoms with Gasteiger partial charge in [0.1, 0.15) is 5.76 Å². The number of anilines is 3. The number of amides is 1. The fourth-order valence-electron chi connectivity index (χ4n) is 2.09. The maximum Gasteiger partial charge on any atom is 0.256 e. The molecule has 0 unspecified atom stereocenters. The molecule has 2 aromatic heterocycles. The van der Waals surface area contributed by atoms with E-state index in [9.17, 15) is 4.79 Å². The fourth-order valence-corrected chi connectivity index (χ4v) is 2.09. The molecule has 0 radical (unpaired) electrons. The average Bonchev–Trinajstić information content (AvgIpc) is 2.97. The van der Waals surface area contributed by atoms with Crippen LogP contribution in [-0.2, 0) is 0 Å². The third kappa shape index (κ3) is 3.57. The van der Waals surface area contributed by atoms with Crippen LogP contribution in [0.15, 0.2) is 40.9 Å². The number of benzene rings is 1. The van der Waals surface area contributed by atoms with E-state index in [0.29, 0.717) is 28.8 Å². The Morgan fingerprint density at radius 2 is 1.67 bits per heavy atom. The van der Waals surface area contributed by atoms with Gasteiger partial charge in [0.2, 0.25) is 0 Å². The van der Waals surface area contributed by atoms with Crippen LogP contribution in [-0.4, -0.2) is 21.3 Å². The van der Waals surface area contributed by atoms with E-state index in [0.717, 1.165) is 11.1 Å². The summed E-state index contributed by atoms with van der Waals surface area (Å²) >= 11 is 0. The molecule has 7 nitrogen and oxygen atoms in total. The monoisotopic (exact) mass is 323 g/mol. The number of aryl methyl sites for hydroxylation is 3. The normalized spacial score (nSPS) is 10.5. The maximum atomic E-state index is 12.2. The summed E-state index contributed by atoms with van der Waals surface area (Å²) in [5.74, 6) is 1.91. The van der Waals surface area contributed by atoms with Crippen molar-refractivity contribution in [3.8, 4) is 0 Å². The van der Waals surface area contributed by atoms with Crippen LogP contribution in [0.5, 0.6) is 0 Å². The molecule has 2 heterocycles. The molecule has 0 atom stereocenters. The molecule has 0 aliphatic carbocycles. The van der Waals surface area contributed by atoms with E-state index in [4.69, 9.17) is 4.52 Å². The Morgan fingerprint density at radius 1 is 0.917 bits per heavy atom. The molecule has 0 bridgehead atoms. The number of carbonyl (C=O) groups excluding carboxylic acids is 1. The first kappa shape index (κ1) is 15.7. The summed E-state index contributed by atoms with van der Waals surface area (Å²) in [4.78, 5) is 12.2. The van der Waals surface area contributed by atoms with Gasteiger partial charge in [-0.3, -0.25) is 4.79 Å². The van der Waals surface area contributed by atoms with E-state index in [1.807, 2.05) is 26.0 Å². The van der Waals surface area contributed by atoms with E-state index >= 15 is 0 Å². The molecule has 7 heteroatoms. The smallest absolute Gasteiger partial charge is 0.256 e. The van der Waals surface area contributed by atoms with Crippen molar-refractivity contribution in [1.29, 1.82) is 0 Å². The van der Waals surface area contributed by atoms with Gasteiger partial charge in [-0.25, -0.2) is 0 Å². The summed E-state index contributed by atoms with van der Waals surface area (Å²) in [6.45, 7) is 5.78. The fraction of sp³-hybridized carbons (Fsp3) is 0.176. The predicted molar refractivity (Wildman–Crippen MR) is 90.4 cm³/mol. The SMILES string of the molecule is Cc1cc(Nc2ccc(NC(=O)c3ccc(C)c(C)c3)nn2)no1. The molecule has 3 aromatic rings. The summed E-state index contributed by atoms with van der Waals surface area (Å²) in [6.07, 6.45) is 0. The third-order valence-corrected chi connectivity index (χ3v) is 3.56. The molecule has 0 aliphatic rings. The Morgan fingerprint density at radius 3 is 2.29 bits per heavy atom. The largest absolute Gasteiger partial charge is 0.360 e. The second-order valence-corrected chi connectivity index (χ2v) is 5.50. The first-order chi connectivity index (χ1) is 11.5. The summed E-state index contributed by atoms with van der Waals surface area (Å²) in [5.41, 5.74) is 2.79. The van der Waals surface area contributed by atoms with Crippen molar-refractivity contribution in [3.05, 3.63) is 58.8 Å². The van der Waals surface area contributed by atoms with E-state index in [-0.39, 0.29) is 5.91 Å². The van der Waals surface area contributed by atoms with Gasteiger partial charge in [-0.1, -0.05) is 11.2 Å². The minimum atomic E-state index is -0.222. The molecule has 0 spiro atoms. The van der Waals surface area contributed by atoms with Crippen molar-refractivity contribution in [3.63, 3.8) is 0 Å². The van der Waals surface area contributed by atoms with Crippen LogP contribution < -0.4 is 10.6 Å². The van der Waals surface area contributed by atoms with E-state index < -0.39 is 0 Å². The first-order valence-electron chi connectivity index (χ1n) is 7.44. The molecular formula is C17H17N5O2. The Bertz CT molecular complexity index is 871. The highest BCUT2D eigenvalue weighted by molar-refractivity contribution is 6.03. The molecule has 122 valence electrons. The van der Waals surface area contributed by atoms with Crippen molar-refractivity contribution < 1.29 is 9.32 Å².